The Kier molecular flexibility index (Phi) is 7.76. The number of fused-ring (bicyclic) bond motifs is 2. The van der Waals surface area contributed by atoms with E-state index in [1.807, 2.05) is 71.6 Å². The van der Waals surface area contributed by atoms with Crippen LogP contribution in [-0.2, 0) is 34.0 Å². The smallest absolute Gasteiger partial charge is 0.288 e. The van der Waals surface area contributed by atoms with Crippen LogP contribution in [0.15, 0.2) is 89.2 Å². The molecule has 0 aliphatic carbocycles. The van der Waals surface area contributed by atoms with Crippen LogP contribution in [0.5, 0.6) is 11.5 Å². The first-order valence-electron chi connectivity index (χ1n) is 14.7. The number of hydrogen-bond donors (Lipinski definition) is 1. The first kappa shape index (κ1) is 27.5. The maximum atomic E-state index is 13.8. The maximum Gasteiger partial charge on any atom is 0.288 e. The topological polar surface area (TPSA) is 93.8 Å². The van der Waals surface area contributed by atoms with Gasteiger partial charge in [-0.2, -0.15) is 0 Å². The summed E-state index contributed by atoms with van der Waals surface area (Å²) in [5.41, 5.74) is 4.79. The van der Waals surface area contributed by atoms with E-state index in [1.54, 1.807) is 6.26 Å². The number of furan rings is 1. The number of allylic oxidation sites excluding steroid dienone is 1. The van der Waals surface area contributed by atoms with Gasteiger partial charge in [-0.3, -0.25) is 9.69 Å². The summed E-state index contributed by atoms with van der Waals surface area (Å²) in [5.74, 6) is 1.65. The number of ether oxygens (including phenoxy) is 4. The molecule has 4 aromatic rings. The number of nitrogens with zero attached hydrogens (tertiary/aromatic N) is 2. The Balaban J connectivity index is 1.04. The highest BCUT2D eigenvalue weighted by atomic mass is 16.7. The van der Waals surface area contributed by atoms with Crippen molar-refractivity contribution < 1.29 is 33.3 Å². The van der Waals surface area contributed by atoms with E-state index in [0.29, 0.717) is 31.9 Å². The fourth-order valence-corrected chi connectivity index (χ4v) is 5.91. The number of hydrogen-bond acceptors (Lipinski definition) is 8. The molecule has 0 bridgehead atoms. The summed E-state index contributed by atoms with van der Waals surface area (Å²) in [6, 6.07) is 21.6. The van der Waals surface area contributed by atoms with E-state index in [4.69, 9.17) is 23.4 Å². The van der Waals surface area contributed by atoms with Gasteiger partial charge in [-0.25, -0.2) is 0 Å². The van der Waals surface area contributed by atoms with E-state index in [9.17, 15) is 9.90 Å². The van der Waals surface area contributed by atoms with Gasteiger partial charge in [0.1, 0.15) is 5.58 Å². The summed E-state index contributed by atoms with van der Waals surface area (Å²) in [4.78, 5) is 18.0. The van der Waals surface area contributed by atoms with Gasteiger partial charge in [-0.15, -0.1) is 0 Å². The summed E-state index contributed by atoms with van der Waals surface area (Å²) in [7, 11) is 0. The van der Waals surface area contributed by atoms with Crippen molar-refractivity contribution in [3.05, 3.63) is 107 Å². The lowest BCUT2D eigenvalue weighted by atomic mass is 9.92. The third-order valence-corrected chi connectivity index (χ3v) is 8.32. The molecule has 3 aliphatic rings. The van der Waals surface area contributed by atoms with Crippen molar-refractivity contribution in [2.24, 2.45) is 0 Å². The Morgan fingerprint density at radius 3 is 2.51 bits per heavy atom. The lowest BCUT2D eigenvalue weighted by Gasteiger charge is -2.36. The number of piperazine rings is 1. The van der Waals surface area contributed by atoms with Crippen molar-refractivity contribution >= 4 is 16.9 Å². The lowest BCUT2D eigenvalue weighted by molar-refractivity contribution is -0.157. The molecule has 2 atom stereocenters. The summed E-state index contributed by atoms with van der Waals surface area (Å²) >= 11 is 0. The Morgan fingerprint density at radius 2 is 1.67 bits per heavy atom. The van der Waals surface area contributed by atoms with Crippen LogP contribution >= 0.6 is 0 Å². The molecule has 222 valence electrons. The highest BCUT2D eigenvalue weighted by Gasteiger charge is 2.33. The number of rotatable bonds is 8. The molecule has 7 rings (SSSR count). The van der Waals surface area contributed by atoms with Crippen molar-refractivity contribution in [3.8, 4) is 11.5 Å². The van der Waals surface area contributed by atoms with E-state index in [1.165, 1.54) is 0 Å². The van der Waals surface area contributed by atoms with E-state index in [-0.39, 0.29) is 25.2 Å². The van der Waals surface area contributed by atoms with Gasteiger partial charge in [-0.05, 0) is 41.0 Å². The molecule has 43 heavy (non-hydrogen) atoms. The molecule has 1 N–H and O–H groups in total. The molecule has 0 unspecified atom stereocenters. The van der Waals surface area contributed by atoms with Gasteiger partial charge < -0.3 is 33.4 Å². The summed E-state index contributed by atoms with van der Waals surface area (Å²) in [6.07, 6.45) is 3.65. The third-order valence-electron chi connectivity index (χ3n) is 8.32. The van der Waals surface area contributed by atoms with Crippen LogP contribution in [-0.4, -0.2) is 60.1 Å². The predicted octanol–water partition coefficient (Wildman–Crippen LogP) is 4.93. The Bertz CT molecular complexity index is 1620. The number of aliphatic hydroxyl groups is 1. The molecule has 3 aromatic carbocycles. The lowest BCUT2D eigenvalue weighted by Crippen LogP contribution is -2.49. The van der Waals surface area contributed by atoms with Gasteiger partial charge in [-0.1, -0.05) is 48.5 Å². The highest BCUT2D eigenvalue weighted by Crippen LogP contribution is 2.37. The fourth-order valence-electron chi connectivity index (χ4n) is 5.91. The first-order valence-corrected chi connectivity index (χ1v) is 14.7. The van der Waals surface area contributed by atoms with Crippen molar-refractivity contribution in [2.45, 2.75) is 38.4 Å². The molecule has 9 nitrogen and oxygen atoms in total. The molecular weight excluding hydrogens is 548 g/mol. The number of amides is 1. The number of carbonyl (C=O) groups is 1. The zero-order chi connectivity index (χ0) is 29.2. The second-order valence-electron chi connectivity index (χ2n) is 11.1. The molecule has 0 saturated carbocycles. The molecule has 9 heteroatoms. The number of para-hydroxylation sites is 1. The van der Waals surface area contributed by atoms with Gasteiger partial charge >= 0.3 is 0 Å². The molecule has 3 aliphatic heterocycles. The average molecular weight is 583 g/mol. The van der Waals surface area contributed by atoms with Crippen LogP contribution in [0, 0.1) is 0 Å². The van der Waals surface area contributed by atoms with E-state index in [0.717, 1.165) is 64.4 Å². The Hall–Kier alpha value is -4.31. The zero-order valence-electron chi connectivity index (χ0n) is 23.8. The minimum absolute atomic E-state index is 0.00382. The number of carbonyl (C=O) groups excluding carboxylic acids is 1. The SMILES string of the molecule is O=C(C1=C[C@@H](c2coc3ccccc23)C[C@@H](OCc2ccc(CO)cc2)O1)N1CCN(Cc2ccc3c(c2)OCO3)CC1. The summed E-state index contributed by atoms with van der Waals surface area (Å²) in [6.45, 7) is 4.09. The standard InChI is InChI=1S/C34H34N2O7/c37-19-23-5-7-24(8-6-23)20-40-33-17-26(28-21-39-29-4-2-1-3-27(28)29)16-32(43-33)34(38)36-13-11-35(12-14-36)18-25-9-10-30-31(15-25)42-22-41-30/h1-10,15-16,21,26,33,37H,11-14,17-20,22H2/t26-,33+/m1/s1. The van der Waals surface area contributed by atoms with Crippen LogP contribution in [0.4, 0.5) is 0 Å². The van der Waals surface area contributed by atoms with Crippen molar-refractivity contribution in [1.29, 1.82) is 0 Å². The Labute approximate surface area is 249 Å². The van der Waals surface area contributed by atoms with Crippen LogP contribution in [0.2, 0.25) is 0 Å². The fraction of sp³-hybridized carbons (Fsp3) is 0.324. The molecule has 4 heterocycles. The van der Waals surface area contributed by atoms with Crippen LogP contribution in [0.3, 0.4) is 0 Å². The second kappa shape index (κ2) is 12.1. The molecule has 0 radical (unpaired) electrons. The third kappa shape index (κ3) is 5.97. The minimum Gasteiger partial charge on any atom is -0.464 e. The van der Waals surface area contributed by atoms with E-state index >= 15 is 0 Å². The van der Waals surface area contributed by atoms with Crippen molar-refractivity contribution in [1.82, 2.24) is 9.80 Å². The normalized spacial score (nSPS) is 20.2. The number of benzene rings is 3. The molecular formula is C34H34N2O7. The maximum absolute atomic E-state index is 13.8. The van der Waals surface area contributed by atoms with Crippen molar-refractivity contribution in [3.63, 3.8) is 0 Å². The highest BCUT2D eigenvalue weighted by molar-refractivity contribution is 5.92. The van der Waals surface area contributed by atoms with E-state index < -0.39 is 6.29 Å². The van der Waals surface area contributed by atoms with E-state index in [2.05, 4.69) is 11.0 Å². The van der Waals surface area contributed by atoms with Crippen LogP contribution in [0.1, 0.15) is 34.6 Å². The molecule has 1 aromatic heterocycles. The molecule has 1 amide bonds. The zero-order valence-corrected chi connectivity index (χ0v) is 23.8. The van der Waals surface area contributed by atoms with Gasteiger partial charge in [0, 0.05) is 56.0 Å². The molecule has 1 saturated heterocycles. The minimum atomic E-state index is -0.604. The van der Waals surface area contributed by atoms with Gasteiger partial charge in [0.15, 0.2) is 17.3 Å². The largest absolute Gasteiger partial charge is 0.464 e. The molecule has 0 spiro atoms. The summed E-state index contributed by atoms with van der Waals surface area (Å²) < 4.78 is 29.2. The monoisotopic (exact) mass is 582 g/mol. The summed E-state index contributed by atoms with van der Waals surface area (Å²) in [5, 5.41) is 10.4. The predicted molar refractivity (Wildman–Crippen MR) is 158 cm³/mol. The van der Waals surface area contributed by atoms with Crippen LogP contribution < -0.4 is 9.47 Å². The van der Waals surface area contributed by atoms with Crippen LogP contribution in [0.25, 0.3) is 11.0 Å². The van der Waals surface area contributed by atoms with Gasteiger partial charge in [0.2, 0.25) is 13.1 Å². The van der Waals surface area contributed by atoms with Gasteiger partial charge in [0.05, 0.1) is 19.5 Å². The quantitative estimate of drug-likeness (QED) is 0.313. The van der Waals surface area contributed by atoms with Crippen molar-refractivity contribution in [2.75, 3.05) is 33.0 Å². The van der Waals surface area contributed by atoms with Gasteiger partial charge in [0.25, 0.3) is 5.91 Å². The molecule has 1 fully saturated rings. The second-order valence-corrected chi connectivity index (χ2v) is 11.1. The first-order chi connectivity index (χ1) is 21.1. The average Bonchev–Trinajstić information content (AvgIpc) is 3.71. The Morgan fingerprint density at radius 1 is 0.907 bits per heavy atom. The number of aliphatic hydroxyl groups excluding tert-OH is 1.